The number of nitrogens with zero attached hydrogens (tertiary/aromatic N) is 4. The summed E-state index contributed by atoms with van der Waals surface area (Å²) in [6, 6.07) is 17.7. The molecule has 7 heteroatoms. The molecule has 4 nitrogen and oxygen atoms in total. The fourth-order valence-corrected chi connectivity index (χ4v) is 6.80. The quantitative estimate of drug-likeness (QED) is 0.328. The van der Waals surface area contributed by atoms with E-state index in [1.165, 1.54) is 74.8 Å². The van der Waals surface area contributed by atoms with Gasteiger partial charge in [-0.05, 0) is 86.5 Å². The maximum absolute atomic E-state index is 12.9. The SMILES string of the molecule is C.Cc1cccc(N(Cc2ccc(C3=NN=C(C(F)F)C3)cc2)SC2CCN(C3CCCCC3)CC2)c1. The number of piperidine rings is 1. The molecule has 3 aliphatic rings. The van der Waals surface area contributed by atoms with Gasteiger partial charge in [-0.3, -0.25) is 0 Å². The van der Waals surface area contributed by atoms with Gasteiger partial charge in [-0.2, -0.15) is 10.2 Å². The largest absolute Gasteiger partial charge is 0.312 e. The Morgan fingerprint density at radius 3 is 2.35 bits per heavy atom. The molecule has 1 aliphatic carbocycles. The molecule has 200 valence electrons. The van der Waals surface area contributed by atoms with Gasteiger partial charge in [0.25, 0.3) is 6.43 Å². The summed E-state index contributed by atoms with van der Waals surface area (Å²) in [7, 11) is 0. The summed E-state index contributed by atoms with van der Waals surface area (Å²) in [5.41, 5.74) is 5.02. The maximum atomic E-state index is 12.9. The summed E-state index contributed by atoms with van der Waals surface area (Å²) in [6.07, 6.45) is 7.01. The van der Waals surface area contributed by atoms with Crippen molar-refractivity contribution < 1.29 is 8.78 Å². The first-order valence-electron chi connectivity index (χ1n) is 13.3. The molecule has 0 N–H and O–H groups in total. The Hall–Kier alpha value is -2.25. The Labute approximate surface area is 225 Å². The van der Waals surface area contributed by atoms with Crippen LogP contribution in [0.5, 0.6) is 0 Å². The number of anilines is 1. The average Bonchev–Trinajstić information content (AvgIpc) is 3.41. The molecule has 0 amide bonds. The Morgan fingerprint density at radius 1 is 0.973 bits per heavy atom. The van der Waals surface area contributed by atoms with Crippen molar-refractivity contribution in [2.24, 2.45) is 10.2 Å². The normalized spacial score (nSPS) is 19.5. The van der Waals surface area contributed by atoms with Crippen LogP contribution >= 0.6 is 11.9 Å². The monoisotopic (exact) mass is 526 g/mol. The van der Waals surface area contributed by atoms with Gasteiger partial charge in [-0.15, -0.1) is 0 Å². The van der Waals surface area contributed by atoms with Gasteiger partial charge in [-0.25, -0.2) is 8.78 Å². The second-order valence-electron chi connectivity index (χ2n) is 10.3. The topological polar surface area (TPSA) is 31.2 Å². The van der Waals surface area contributed by atoms with Gasteiger partial charge in [0.1, 0.15) is 5.71 Å². The van der Waals surface area contributed by atoms with E-state index in [4.69, 9.17) is 0 Å². The highest BCUT2D eigenvalue weighted by Gasteiger charge is 2.28. The Morgan fingerprint density at radius 2 is 1.70 bits per heavy atom. The van der Waals surface area contributed by atoms with E-state index in [0.717, 1.165) is 18.2 Å². The summed E-state index contributed by atoms with van der Waals surface area (Å²) in [4.78, 5) is 2.75. The van der Waals surface area contributed by atoms with Crippen molar-refractivity contribution in [1.82, 2.24) is 4.90 Å². The van der Waals surface area contributed by atoms with Gasteiger partial charge >= 0.3 is 0 Å². The number of rotatable bonds is 8. The van der Waals surface area contributed by atoms with Crippen molar-refractivity contribution in [3.63, 3.8) is 0 Å². The van der Waals surface area contributed by atoms with Gasteiger partial charge < -0.3 is 9.21 Å². The molecule has 0 aromatic heterocycles. The molecule has 5 rings (SSSR count). The van der Waals surface area contributed by atoms with E-state index in [-0.39, 0.29) is 19.6 Å². The van der Waals surface area contributed by atoms with Crippen LogP contribution in [0.3, 0.4) is 0 Å². The summed E-state index contributed by atoms with van der Waals surface area (Å²) in [5, 5.41) is 8.24. The molecule has 0 bridgehead atoms. The van der Waals surface area contributed by atoms with Gasteiger partial charge in [0, 0.05) is 23.4 Å². The highest BCUT2D eigenvalue weighted by atomic mass is 32.2. The zero-order chi connectivity index (χ0) is 24.9. The van der Waals surface area contributed by atoms with E-state index in [1.54, 1.807) is 0 Å². The lowest BCUT2D eigenvalue weighted by Crippen LogP contribution is -2.43. The van der Waals surface area contributed by atoms with Gasteiger partial charge in [0.15, 0.2) is 0 Å². The number of hydrogen-bond donors (Lipinski definition) is 0. The van der Waals surface area contributed by atoms with E-state index < -0.39 is 6.43 Å². The Bertz CT molecular complexity index is 1070. The van der Waals surface area contributed by atoms with Crippen LogP contribution in [-0.2, 0) is 6.54 Å². The third-order valence-electron chi connectivity index (χ3n) is 7.65. The molecule has 1 saturated carbocycles. The third kappa shape index (κ3) is 7.20. The molecular formula is C30H40F2N4S. The van der Waals surface area contributed by atoms with E-state index in [1.807, 2.05) is 24.1 Å². The maximum Gasteiger partial charge on any atom is 0.278 e. The molecule has 2 aliphatic heterocycles. The Balaban J connectivity index is 0.00000320. The van der Waals surface area contributed by atoms with E-state index >= 15 is 0 Å². The smallest absolute Gasteiger partial charge is 0.278 e. The van der Waals surface area contributed by atoms with Gasteiger partial charge in [0.05, 0.1) is 12.3 Å². The minimum absolute atomic E-state index is 0. The fraction of sp³-hybridized carbons (Fsp3) is 0.533. The molecule has 2 fully saturated rings. The highest BCUT2D eigenvalue weighted by Crippen LogP contribution is 2.35. The van der Waals surface area contributed by atoms with Crippen LogP contribution < -0.4 is 4.31 Å². The third-order valence-corrected chi connectivity index (χ3v) is 9.01. The van der Waals surface area contributed by atoms with Crippen molar-refractivity contribution in [2.75, 3.05) is 17.4 Å². The molecule has 2 aromatic rings. The van der Waals surface area contributed by atoms with E-state index in [2.05, 4.69) is 62.7 Å². The molecule has 0 radical (unpaired) electrons. The molecule has 0 spiro atoms. The second kappa shape index (κ2) is 13.0. The summed E-state index contributed by atoms with van der Waals surface area (Å²) in [5.74, 6) is 0. The van der Waals surface area contributed by atoms with Gasteiger partial charge in [0.2, 0.25) is 0 Å². The van der Waals surface area contributed by atoms with Crippen molar-refractivity contribution >= 4 is 29.1 Å². The lowest BCUT2D eigenvalue weighted by Gasteiger charge is -2.40. The minimum Gasteiger partial charge on any atom is -0.312 e. The molecule has 1 saturated heterocycles. The van der Waals surface area contributed by atoms with Crippen molar-refractivity contribution in [3.05, 3.63) is 65.2 Å². The molecule has 2 aromatic carbocycles. The average molecular weight is 527 g/mol. The summed E-state index contributed by atoms with van der Waals surface area (Å²) < 4.78 is 28.3. The van der Waals surface area contributed by atoms with Crippen LogP contribution in [0.4, 0.5) is 14.5 Å². The molecule has 2 heterocycles. The number of likely N-dealkylation sites (tertiary alicyclic amines) is 1. The van der Waals surface area contributed by atoms with Crippen LogP contribution in [0.15, 0.2) is 58.7 Å². The first-order chi connectivity index (χ1) is 17.5. The number of halogens is 2. The lowest BCUT2D eigenvalue weighted by molar-refractivity contribution is 0.133. The lowest BCUT2D eigenvalue weighted by atomic mass is 9.93. The number of aryl methyl sites for hydroxylation is 1. The van der Waals surface area contributed by atoms with Crippen LogP contribution in [0.25, 0.3) is 0 Å². The number of hydrogen-bond acceptors (Lipinski definition) is 5. The first-order valence-corrected chi connectivity index (χ1v) is 14.1. The zero-order valence-corrected chi connectivity index (χ0v) is 21.9. The Kier molecular flexibility index (Phi) is 9.77. The van der Waals surface area contributed by atoms with Crippen LogP contribution in [0.1, 0.15) is 75.5 Å². The van der Waals surface area contributed by atoms with Crippen molar-refractivity contribution in [3.8, 4) is 0 Å². The van der Waals surface area contributed by atoms with Crippen LogP contribution in [0, 0.1) is 6.92 Å². The molecular weight excluding hydrogens is 486 g/mol. The summed E-state index contributed by atoms with van der Waals surface area (Å²) in [6.45, 7) is 5.36. The predicted octanol–water partition coefficient (Wildman–Crippen LogP) is 7.90. The van der Waals surface area contributed by atoms with Crippen molar-refractivity contribution in [1.29, 1.82) is 0 Å². The van der Waals surface area contributed by atoms with E-state index in [9.17, 15) is 8.78 Å². The van der Waals surface area contributed by atoms with Crippen LogP contribution in [0.2, 0.25) is 0 Å². The first kappa shape index (κ1) is 27.8. The minimum atomic E-state index is -2.54. The summed E-state index contributed by atoms with van der Waals surface area (Å²) >= 11 is 1.99. The molecule has 0 unspecified atom stereocenters. The standard InChI is InChI=1S/C29H36F2N4S.CH4/c1-21-6-5-9-25(18-21)35(36-26-14-16-34(17-15-26)24-7-3-2-4-8-24)20-22-10-12-23(13-11-22)27-19-28(29(30)31)33-32-27;/h5-6,9-13,18,24,26,29H,2-4,7-8,14-17,19-20H2,1H3;1H4. The van der Waals surface area contributed by atoms with Crippen LogP contribution in [-0.4, -0.2) is 47.1 Å². The number of alkyl halides is 2. The molecule has 0 atom stereocenters. The van der Waals surface area contributed by atoms with Crippen molar-refractivity contribution in [2.45, 2.75) is 90.0 Å². The highest BCUT2D eigenvalue weighted by molar-refractivity contribution is 8.01. The van der Waals surface area contributed by atoms with E-state index in [0.29, 0.717) is 11.0 Å². The zero-order valence-electron chi connectivity index (χ0n) is 21.1. The van der Waals surface area contributed by atoms with Gasteiger partial charge in [-0.1, -0.05) is 63.1 Å². The fourth-order valence-electron chi connectivity index (χ4n) is 5.56. The number of benzene rings is 2. The second-order valence-corrected chi connectivity index (χ2v) is 11.6. The molecule has 37 heavy (non-hydrogen) atoms. The predicted molar refractivity (Wildman–Crippen MR) is 154 cm³/mol.